The molecule has 0 aliphatic rings. The largest absolute Gasteiger partial charge is 3.00 e. The molecule has 0 unspecified atom stereocenters. The number of hydrogen-bond acceptors (Lipinski definition) is 8. The van der Waals surface area contributed by atoms with Gasteiger partial charge in [-0.2, -0.15) is 0 Å². The number of carbonyl (C=O) groups excluding carboxylic acids is 4. The van der Waals surface area contributed by atoms with Crippen LogP contribution in [0.15, 0.2) is 0 Å². The number of carboxylic acids is 4. The Kier molecular flexibility index (Phi) is 60.7. The third kappa shape index (κ3) is 1520000. The SMILES string of the molecule is CC(=O)[O-].CC(=O)[O-].CC(=O)[O-].CC(=O)[O-].[Cr+3].[K+]. The van der Waals surface area contributed by atoms with Crippen LogP contribution in [0.25, 0.3) is 0 Å². The summed E-state index contributed by atoms with van der Waals surface area (Å²) in [4.78, 5) is 35.6. The summed E-state index contributed by atoms with van der Waals surface area (Å²) in [6, 6.07) is 0. The Balaban J connectivity index is -0.0000000257. The molecule has 0 amide bonds. The predicted molar refractivity (Wildman–Crippen MR) is 42.7 cm³/mol. The van der Waals surface area contributed by atoms with Crippen molar-refractivity contribution in [3.63, 3.8) is 0 Å². The Bertz CT molecular complexity index is 167. The van der Waals surface area contributed by atoms with Gasteiger partial charge in [0.25, 0.3) is 0 Å². The van der Waals surface area contributed by atoms with Gasteiger partial charge in [0, 0.05) is 23.9 Å². The summed E-state index contributed by atoms with van der Waals surface area (Å²) in [5.74, 6) is -4.33. The minimum atomic E-state index is -1.08. The first-order valence-corrected chi connectivity index (χ1v) is 3.63. The third-order valence-electron chi connectivity index (χ3n) is 0. The van der Waals surface area contributed by atoms with Crippen molar-refractivity contribution in [2.75, 3.05) is 0 Å². The van der Waals surface area contributed by atoms with Crippen LogP contribution >= 0.6 is 0 Å². The molecule has 8 nitrogen and oxygen atoms in total. The van der Waals surface area contributed by atoms with Crippen LogP contribution in [0.2, 0.25) is 0 Å². The van der Waals surface area contributed by atoms with Gasteiger partial charge in [-0.25, -0.2) is 0 Å². The summed E-state index contributed by atoms with van der Waals surface area (Å²) in [7, 11) is 0. The van der Waals surface area contributed by atoms with E-state index in [1.165, 1.54) is 0 Å². The molecule has 99 valence electrons. The molecule has 0 aliphatic carbocycles. The molecule has 0 saturated heterocycles. The Morgan fingerprint density at radius 2 is 0.556 bits per heavy atom. The quantitative estimate of drug-likeness (QED) is 0.396. The van der Waals surface area contributed by atoms with Gasteiger partial charge in [0.05, 0.1) is 0 Å². The third-order valence-corrected chi connectivity index (χ3v) is 0. The van der Waals surface area contributed by atoms with Gasteiger partial charge in [-0.3, -0.25) is 0 Å². The molecule has 0 saturated carbocycles. The maximum atomic E-state index is 8.89. The second-order valence-electron chi connectivity index (χ2n) is 1.97. The van der Waals surface area contributed by atoms with E-state index in [-0.39, 0.29) is 68.7 Å². The van der Waals surface area contributed by atoms with Gasteiger partial charge in [-0.1, -0.05) is 0 Å². The standard InChI is InChI=1S/4C2H4O2.Cr.K/c4*1-2(3)4;;/h4*1H3,(H,3,4);;/q;;;;+3;+1/p-4. The summed E-state index contributed by atoms with van der Waals surface area (Å²) in [6.07, 6.45) is 0. The molecule has 0 N–H and O–H groups in total. The van der Waals surface area contributed by atoms with Crippen LogP contribution in [0.1, 0.15) is 27.7 Å². The van der Waals surface area contributed by atoms with Crippen molar-refractivity contribution >= 4 is 23.9 Å². The van der Waals surface area contributed by atoms with Crippen LogP contribution in [-0.4, -0.2) is 23.9 Å². The molecule has 0 aromatic heterocycles. The Morgan fingerprint density at radius 3 is 0.556 bits per heavy atom. The number of carboxylic acid groups (broad SMARTS) is 4. The summed E-state index contributed by atoms with van der Waals surface area (Å²) in [6.45, 7) is 3.89. The minimum absolute atomic E-state index is 0. The second-order valence-corrected chi connectivity index (χ2v) is 1.97. The molecule has 0 bridgehead atoms. The van der Waals surface area contributed by atoms with Crippen molar-refractivity contribution in [2.24, 2.45) is 0 Å². The molecular formula is C8H12CrKO8. The molecule has 0 heterocycles. The molecule has 0 atom stereocenters. The topological polar surface area (TPSA) is 161 Å². The molecule has 0 aliphatic heterocycles. The summed E-state index contributed by atoms with van der Waals surface area (Å²) < 4.78 is 0. The molecule has 1 radical (unpaired) electrons. The van der Waals surface area contributed by atoms with Gasteiger partial charge in [0.15, 0.2) is 0 Å². The maximum Gasteiger partial charge on any atom is 3.00 e. The van der Waals surface area contributed by atoms with E-state index in [0.717, 1.165) is 27.7 Å². The predicted octanol–water partition coefficient (Wildman–Crippen LogP) is -7.97. The Labute approximate surface area is 158 Å². The van der Waals surface area contributed by atoms with Gasteiger partial charge in [-0.15, -0.1) is 0 Å². The first-order chi connectivity index (χ1) is 6.93. The normalized spacial score (nSPS) is 5.56. The monoisotopic (exact) mass is 327 g/mol. The molecule has 0 rings (SSSR count). The van der Waals surface area contributed by atoms with Crippen LogP contribution in [-0.2, 0) is 36.5 Å². The summed E-state index contributed by atoms with van der Waals surface area (Å²) in [5, 5.41) is 35.6. The molecule has 0 spiro atoms. The average Bonchev–Trinajstić information content (AvgIpc) is 1.76. The summed E-state index contributed by atoms with van der Waals surface area (Å²) in [5.41, 5.74) is 0. The van der Waals surface area contributed by atoms with Gasteiger partial charge < -0.3 is 39.6 Å². The maximum absolute atomic E-state index is 8.89. The first kappa shape index (κ1) is 36.1. The fourth-order valence-corrected chi connectivity index (χ4v) is 0. The second kappa shape index (κ2) is 30.2. The van der Waals surface area contributed by atoms with E-state index in [0.29, 0.717) is 0 Å². The first-order valence-electron chi connectivity index (χ1n) is 3.63. The fourth-order valence-electron chi connectivity index (χ4n) is 0. The molecule has 10 heteroatoms. The van der Waals surface area contributed by atoms with Gasteiger partial charge >= 0.3 is 68.7 Å². The fraction of sp³-hybridized carbons (Fsp3) is 0.500. The van der Waals surface area contributed by atoms with Crippen LogP contribution < -0.4 is 71.8 Å². The zero-order valence-corrected chi connectivity index (χ0v) is 15.1. The zero-order chi connectivity index (χ0) is 14.3. The van der Waals surface area contributed by atoms with E-state index in [9.17, 15) is 0 Å². The average molecular weight is 327 g/mol. The molecule has 0 aromatic carbocycles. The number of aliphatic carboxylic acids is 4. The molecular weight excluding hydrogens is 315 g/mol. The Morgan fingerprint density at radius 1 is 0.556 bits per heavy atom. The number of hydrogen-bond donors (Lipinski definition) is 0. The van der Waals surface area contributed by atoms with Crippen molar-refractivity contribution in [3.8, 4) is 0 Å². The van der Waals surface area contributed by atoms with E-state index in [1.807, 2.05) is 0 Å². The van der Waals surface area contributed by atoms with E-state index < -0.39 is 23.9 Å². The van der Waals surface area contributed by atoms with Crippen LogP contribution in [0.5, 0.6) is 0 Å². The van der Waals surface area contributed by atoms with E-state index in [1.54, 1.807) is 0 Å². The molecule has 0 fully saturated rings. The van der Waals surface area contributed by atoms with E-state index >= 15 is 0 Å². The van der Waals surface area contributed by atoms with Crippen molar-refractivity contribution in [3.05, 3.63) is 0 Å². The summed E-state index contributed by atoms with van der Waals surface area (Å²) >= 11 is 0. The molecule has 18 heavy (non-hydrogen) atoms. The zero-order valence-electron chi connectivity index (χ0n) is 10.7. The van der Waals surface area contributed by atoms with Crippen molar-refractivity contribution < 1.29 is 108 Å². The van der Waals surface area contributed by atoms with Gasteiger partial charge in [0.1, 0.15) is 0 Å². The van der Waals surface area contributed by atoms with Crippen molar-refractivity contribution in [2.45, 2.75) is 27.7 Å². The smallest absolute Gasteiger partial charge is 0.550 e. The van der Waals surface area contributed by atoms with Crippen molar-refractivity contribution in [1.82, 2.24) is 0 Å². The van der Waals surface area contributed by atoms with Crippen molar-refractivity contribution in [1.29, 1.82) is 0 Å². The minimum Gasteiger partial charge on any atom is -0.550 e. The Hall–Kier alpha value is 0.0488. The van der Waals surface area contributed by atoms with Crippen LogP contribution in [0, 0.1) is 0 Å². The van der Waals surface area contributed by atoms with E-state index in [4.69, 9.17) is 39.6 Å². The number of carbonyl (C=O) groups is 4. The van der Waals surface area contributed by atoms with Crippen LogP contribution in [0.3, 0.4) is 0 Å². The number of rotatable bonds is 0. The van der Waals surface area contributed by atoms with Gasteiger partial charge in [-0.05, 0) is 27.7 Å². The van der Waals surface area contributed by atoms with E-state index in [2.05, 4.69) is 0 Å². The van der Waals surface area contributed by atoms with Crippen LogP contribution in [0.4, 0.5) is 0 Å². The van der Waals surface area contributed by atoms with Gasteiger partial charge in [0.2, 0.25) is 0 Å². The molecule has 0 aromatic rings.